The van der Waals surface area contributed by atoms with E-state index in [1.54, 1.807) is 29.3 Å². The van der Waals surface area contributed by atoms with Crippen molar-refractivity contribution < 1.29 is 19.4 Å². The molecule has 0 radical (unpaired) electrons. The van der Waals surface area contributed by atoms with Gasteiger partial charge in [0.15, 0.2) is 11.6 Å². The molecular formula is C16H11FINO3. The zero-order chi connectivity index (χ0) is 15.9. The highest BCUT2D eigenvalue weighted by atomic mass is 127. The average molecular weight is 411 g/mol. The maximum atomic E-state index is 13.6. The van der Waals surface area contributed by atoms with Crippen LogP contribution in [0.2, 0.25) is 0 Å². The highest BCUT2D eigenvalue weighted by Gasteiger charge is 2.28. The summed E-state index contributed by atoms with van der Waals surface area (Å²) < 4.78 is 14.4. The number of aromatic hydroxyl groups is 2. The van der Waals surface area contributed by atoms with Crippen LogP contribution >= 0.6 is 22.6 Å². The fourth-order valence-corrected chi connectivity index (χ4v) is 3.23. The van der Waals surface area contributed by atoms with E-state index in [0.29, 0.717) is 5.69 Å². The molecule has 4 nitrogen and oxygen atoms in total. The fourth-order valence-electron chi connectivity index (χ4n) is 2.46. The average Bonchev–Trinajstić information content (AvgIpc) is 2.50. The maximum Gasteiger partial charge on any atom is 0.166 e. The van der Waals surface area contributed by atoms with Gasteiger partial charge in [0.05, 0.1) is 0 Å². The predicted octanol–water partition coefficient (Wildman–Crippen LogP) is 3.73. The largest absolute Gasteiger partial charge is 0.508 e. The van der Waals surface area contributed by atoms with Crippen molar-refractivity contribution in [1.29, 1.82) is 0 Å². The van der Waals surface area contributed by atoms with E-state index in [1.165, 1.54) is 18.2 Å². The Morgan fingerprint density at radius 3 is 2.64 bits per heavy atom. The topological polar surface area (TPSA) is 60.8 Å². The van der Waals surface area contributed by atoms with Crippen molar-refractivity contribution in [2.24, 2.45) is 0 Å². The van der Waals surface area contributed by atoms with Crippen LogP contribution in [0, 0.1) is 5.82 Å². The summed E-state index contributed by atoms with van der Waals surface area (Å²) in [5.41, 5.74) is 1.96. The van der Waals surface area contributed by atoms with E-state index in [1.807, 2.05) is 0 Å². The van der Waals surface area contributed by atoms with Gasteiger partial charge in [-0.2, -0.15) is 0 Å². The maximum absolute atomic E-state index is 13.6. The van der Waals surface area contributed by atoms with E-state index in [4.69, 9.17) is 0 Å². The second-order valence-corrected chi connectivity index (χ2v) is 6.03. The lowest BCUT2D eigenvalue weighted by molar-refractivity contribution is -0.109. The summed E-state index contributed by atoms with van der Waals surface area (Å²) in [5, 5.41) is 18.9. The summed E-state index contributed by atoms with van der Waals surface area (Å²) in [5.74, 6) is -1.07. The second-order valence-electron chi connectivity index (χ2n) is 4.87. The van der Waals surface area contributed by atoms with Gasteiger partial charge in [-0.05, 0) is 58.0 Å². The molecule has 6 heteroatoms. The molecule has 2 aromatic carbocycles. The Kier molecular flexibility index (Phi) is 3.78. The SMILES string of the molecule is O=CC1c2ccc(O)cc2C(I)=CN1c1ccc(O)c(F)c1. The van der Waals surface area contributed by atoms with Crippen molar-refractivity contribution in [1.82, 2.24) is 0 Å². The van der Waals surface area contributed by atoms with Crippen LogP contribution in [0.4, 0.5) is 10.1 Å². The first-order valence-electron chi connectivity index (χ1n) is 6.44. The Balaban J connectivity index is 2.14. The number of carbonyl (C=O) groups excluding carboxylic acids is 1. The minimum atomic E-state index is -0.748. The van der Waals surface area contributed by atoms with Crippen molar-refractivity contribution in [3.8, 4) is 11.5 Å². The number of anilines is 1. The number of nitrogens with zero attached hydrogens (tertiary/aromatic N) is 1. The van der Waals surface area contributed by atoms with Crippen LogP contribution in [-0.2, 0) is 4.79 Å². The Hall–Kier alpha value is -2.09. The Morgan fingerprint density at radius 2 is 1.95 bits per heavy atom. The first-order valence-corrected chi connectivity index (χ1v) is 7.52. The van der Waals surface area contributed by atoms with Crippen molar-refractivity contribution in [3.05, 3.63) is 59.5 Å². The molecule has 1 aliphatic rings. The van der Waals surface area contributed by atoms with Crippen LogP contribution in [0.1, 0.15) is 17.2 Å². The van der Waals surface area contributed by atoms with Gasteiger partial charge in [-0.15, -0.1) is 0 Å². The molecule has 1 atom stereocenters. The Labute approximate surface area is 139 Å². The third-order valence-electron chi connectivity index (χ3n) is 3.52. The first kappa shape index (κ1) is 14.8. The van der Waals surface area contributed by atoms with E-state index in [0.717, 1.165) is 21.0 Å². The molecule has 3 rings (SSSR count). The predicted molar refractivity (Wildman–Crippen MR) is 89.5 cm³/mol. The van der Waals surface area contributed by atoms with Gasteiger partial charge in [-0.25, -0.2) is 4.39 Å². The van der Waals surface area contributed by atoms with Crippen LogP contribution in [0.15, 0.2) is 42.6 Å². The first-order chi connectivity index (χ1) is 10.5. The quantitative estimate of drug-likeness (QED) is 0.584. The molecule has 0 amide bonds. The molecule has 2 aromatic rings. The zero-order valence-corrected chi connectivity index (χ0v) is 13.4. The smallest absolute Gasteiger partial charge is 0.166 e. The minimum Gasteiger partial charge on any atom is -0.508 e. The lowest BCUT2D eigenvalue weighted by atomic mass is 9.96. The lowest BCUT2D eigenvalue weighted by Gasteiger charge is -2.33. The number of fused-ring (bicyclic) bond motifs is 1. The van der Waals surface area contributed by atoms with Gasteiger partial charge in [0, 0.05) is 21.5 Å². The third-order valence-corrected chi connectivity index (χ3v) is 4.38. The molecule has 112 valence electrons. The van der Waals surface area contributed by atoms with Gasteiger partial charge in [-0.1, -0.05) is 6.07 Å². The number of rotatable bonds is 2. The van der Waals surface area contributed by atoms with Crippen LogP contribution in [0.3, 0.4) is 0 Å². The van der Waals surface area contributed by atoms with Gasteiger partial charge < -0.3 is 19.9 Å². The lowest BCUT2D eigenvalue weighted by Crippen LogP contribution is -2.28. The molecule has 1 aliphatic heterocycles. The number of aldehydes is 1. The monoisotopic (exact) mass is 411 g/mol. The van der Waals surface area contributed by atoms with E-state index >= 15 is 0 Å². The molecule has 0 aromatic heterocycles. The minimum absolute atomic E-state index is 0.120. The summed E-state index contributed by atoms with van der Waals surface area (Å²) in [6, 6.07) is 8.13. The van der Waals surface area contributed by atoms with E-state index in [2.05, 4.69) is 22.6 Å². The number of hydrogen-bond donors (Lipinski definition) is 2. The second kappa shape index (κ2) is 5.60. The van der Waals surface area contributed by atoms with Crippen molar-refractivity contribution in [3.63, 3.8) is 0 Å². The number of phenols is 2. The molecule has 0 saturated heterocycles. The molecule has 1 unspecified atom stereocenters. The van der Waals surface area contributed by atoms with Crippen LogP contribution < -0.4 is 4.90 Å². The van der Waals surface area contributed by atoms with E-state index < -0.39 is 17.6 Å². The number of carbonyl (C=O) groups is 1. The number of hydrogen-bond acceptors (Lipinski definition) is 4. The van der Waals surface area contributed by atoms with Crippen LogP contribution in [-0.4, -0.2) is 16.5 Å². The number of halogens is 2. The summed E-state index contributed by atoms with van der Waals surface area (Å²) in [6.07, 6.45) is 2.48. The number of phenolic OH excluding ortho intramolecular Hbond substituents is 2. The van der Waals surface area contributed by atoms with Crippen molar-refractivity contribution in [2.45, 2.75) is 6.04 Å². The Morgan fingerprint density at radius 1 is 1.18 bits per heavy atom. The molecule has 0 bridgehead atoms. The van der Waals surface area contributed by atoms with E-state index in [9.17, 15) is 19.4 Å². The number of benzene rings is 2. The van der Waals surface area contributed by atoms with Gasteiger partial charge in [0.25, 0.3) is 0 Å². The van der Waals surface area contributed by atoms with Gasteiger partial charge in [0.1, 0.15) is 18.1 Å². The zero-order valence-electron chi connectivity index (χ0n) is 11.2. The van der Waals surface area contributed by atoms with Crippen molar-refractivity contribution in [2.75, 3.05) is 4.90 Å². The fraction of sp³-hybridized carbons (Fsp3) is 0.0625. The molecule has 0 aliphatic carbocycles. The summed E-state index contributed by atoms with van der Waals surface area (Å²) in [6.45, 7) is 0. The molecule has 0 fully saturated rings. The highest BCUT2D eigenvalue weighted by molar-refractivity contribution is 14.1. The van der Waals surface area contributed by atoms with Gasteiger partial charge in [0.2, 0.25) is 0 Å². The van der Waals surface area contributed by atoms with Gasteiger partial charge in [-0.3, -0.25) is 0 Å². The normalized spacial score (nSPS) is 16.9. The Bertz CT molecular complexity index is 791. The standard InChI is InChI=1S/C16H11FINO3/c17-13-5-9(1-4-16(13)22)19-7-14(18)12-6-10(21)2-3-11(12)15(19)8-20/h1-8,15,21-22H. The summed E-state index contributed by atoms with van der Waals surface area (Å²) in [4.78, 5) is 13.2. The molecular weight excluding hydrogens is 400 g/mol. The summed E-state index contributed by atoms with van der Waals surface area (Å²) in [7, 11) is 0. The van der Waals surface area contributed by atoms with E-state index in [-0.39, 0.29) is 5.75 Å². The third kappa shape index (κ3) is 2.43. The summed E-state index contributed by atoms with van der Waals surface area (Å²) >= 11 is 2.10. The van der Waals surface area contributed by atoms with Gasteiger partial charge >= 0.3 is 0 Å². The molecule has 0 saturated carbocycles. The van der Waals surface area contributed by atoms with Crippen molar-refractivity contribution >= 4 is 38.1 Å². The van der Waals surface area contributed by atoms with Crippen LogP contribution in [0.25, 0.3) is 3.58 Å². The molecule has 2 N–H and O–H groups in total. The highest BCUT2D eigenvalue weighted by Crippen LogP contribution is 2.41. The van der Waals surface area contributed by atoms with Crippen LogP contribution in [0.5, 0.6) is 11.5 Å². The molecule has 1 heterocycles. The molecule has 0 spiro atoms. The molecule has 22 heavy (non-hydrogen) atoms.